The van der Waals surface area contributed by atoms with Crippen LogP contribution in [0, 0.1) is 18.7 Å². The predicted molar refractivity (Wildman–Crippen MR) is 137 cm³/mol. The molecule has 37 heavy (non-hydrogen) atoms. The lowest BCUT2D eigenvalue weighted by Gasteiger charge is -2.31. The monoisotopic (exact) mass is 502 g/mol. The number of methoxy groups -OCH3 is 1. The average Bonchev–Trinajstić information content (AvgIpc) is 3.34. The molecule has 190 valence electrons. The standard InChI is InChI=1S/C27H27FN6O3/c1-16-13-19(4-5-20(16)27(36)33-10-7-17(8-11-33)24(29)35)32-25-26-31-15-22(34(26)12-9-30-25)18-3-6-23(37-2)21(28)14-18/h3-6,9,12-15,17H,7-8,10-11H2,1-2H3,(H2,29,35)(H,30,32). The molecule has 0 radical (unpaired) electrons. The van der Waals surface area contributed by atoms with Crippen LogP contribution in [-0.4, -0.2) is 51.3 Å². The van der Waals surface area contributed by atoms with Gasteiger partial charge < -0.3 is 20.7 Å². The molecule has 4 aromatic rings. The molecule has 2 aromatic carbocycles. The maximum atomic E-state index is 14.3. The largest absolute Gasteiger partial charge is 0.494 e. The molecule has 0 saturated carbocycles. The molecule has 0 aliphatic carbocycles. The number of nitrogens with one attached hydrogen (secondary N) is 1. The van der Waals surface area contributed by atoms with Crippen molar-refractivity contribution in [3.8, 4) is 17.0 Å². The summed E-state index contributed by atoms with van der Waals surface area (Å²) in [7, 11) is 1.42. The third-order valence-corrected chi connectivity index (χ3v) is 6.78. The fourth-order valence-electron chi connectivity index (χ4n) is 4.70. The number of rotatable bonds is 6. The number of imidazole rings is 1. The van der Waals surface area contributed by atoms with Crippen molar-refractivity contribution in [1.29, 1.82) is 0 Å². The van der Waals surface area contributed by atoms with E-state index in [1.165, 1.54) is 13.2 Å². The summed E-state index contributed by atoms with van der Waals surface area (Å²) in [6.45, 7) is 2.91. The number of carbonyl (C=O) groups is 2. The van der Waals surface area contributed by atoms with Gasteiger partial charge in [0.05, 0.1) is 19.0 Å². The number of amides is 2. The number of piperidine rings is 1. The molecule has 2 aromatic heterocycles. The summed E-state index contributed by atoms with van der Waals surface area (Å²) in [4.78, 5) is 35.2. The first-order valence-electron chi connectivity index (χ1n) is 12.0. The Labute approximate surface area is 213 Å². The minimum absolute atomic E-state index is 0.0585. The van der Waals surface area contributed by atoms with Crippen LogP contribution >= 0.6 is 0 Å². The number of hydrogen-bond acceptors (Lipinski definition) is 6. The van der Waals surface area contributed by atoms with Gasteiger partial charge in [-0.1, -0.05) is 0 Å². The van der Waals surface area contributed by atoms with Crippen molar-refractivity contribution >= 4 is 29.0 Å². The van der Waals surface area contributed by atoms with E-state index in [4.69, 9.17) is 10.5 Å². The van der Waals surface area contributed by atoms with E-state index < -0.39 is 5.82 Å². The first-order valence-corrected chi connectivity index (χ1v) is 12.0. The van der Waals surface area contributed by atoms with Crippen molar-refractivity contribution in [2.24, 2.45) is 11.7 Å². The first kappa shape index (κ1) is 24.2. The van der Waals surface area contributed by atoms with Gasteiger partial charge in [-0.05, 0) is 61.7 Å². The van der Waals surface area contributed by atoms with Crippen LogP contribution in [0.3, 0.4) is 0 Å². The topological polar surface area (TPSA) is 115 Å². The number of ether oxygens (including phenoxy) is 1. The van der Waals surface area contributed by atoms with Crippen LogP contribution in [0.5, 0.6) is 5.75 Å². The molecule has 1 aliphatic heterocycles. The zero-order valence-electron chi connectivity index (χ0n) is 20.6. The molecular formula is C27H27FN6O3. The van der Waals surface area contributed by atoms with Gasteiger partial charge in [-0.15, -0.1) is 0 Å². The van der Waals surface area contributed by atoms with Crippen LogP contribution in [0.25, 0.3) is 16.9 Å². The maximum Gasteiger partial charge on any atom is 0.254 e. The number of primary amides is 1. The summed E-state index contributed by atoms with van der Waals surface area (Å²) in [6, 6.07) is 10.3. The van der Waals surface area contributed by atoms with Gasteiger partial charge in [0.25, 0.3) is 5.91 Å². The smallest absolute Gasteiger partial charge is 0.254 e. The molecule has 0 bridgehead atoms. The Balaban J connectivity index is 1.36. The molecular weight excluding hydrogens is 475 g/mol. The van der Waals surface area contributed by atoms with Crippen molar-refractivity contribution < 1.29 is 18.7 Å². The minimum atomic E-state index is -0.454. The summed E-state index contributed by atoms with van der Waals surface area (Å²) < 4.78 is 21.1. The van der Waals surface area contributed by atoms with Gasteiger partial charge in [-0.2, -0.15) is 0 Å². The second-order valence-corrected chi connectivity index (χ2v) is 9.09. The first-order chi connectivity index (χ1) is 17.9. The van der Waals surface area contributed by atoms with Crippen LogP contribution < -0.4 is 15.8 Å². The predicted octanol–water partition coefficient (Wildman–Crippen LogP) is 3.93. The number of nitrogens with two attached hydrogens (primary N) is 1. The van der Waals surface area contributed by atoms with Crippen LogP contribution in [0.1, 0.15) is 28.8 Å². The number of halogens is 1. The van der Waals surface area contributed by atoms with Gasteiger partial charge in [0.1, 0.15) is 0 Å². The number of aromatic nitrogens is 3. The lowest BCUT2D eigenvalue weighted by Crippen LogP contribution is -2.41. The van der Waals surface area contributed by atoms with Gasteiger partial charge in [0.2, 0.25) is 5.91 Å². The third-order valence-electron chi connectivity index (χ3n) is 6.78. The van der Waals surface area contributed by atoms with Gasteiger partial charge in [-0.3, -0.25) is 14.0 Å². The Morgan fingerprint density at radius 2 is 1.92 bits per heavy atom. The molecule has 5 rings (SSSR count). The second kappa shape index (κ2) is 9.88. The van der Waals surface area contributed by atoms with E-state index in [9.17, 15) is 14.0 Å². The summed E-state index contributed by atoms with van der Waals surface area (Å²) in [5.41, 5.74) is 9.52. The van der Waals surface area contributed by atoms with E-state index in [1.807, 2.05) is 23.5 Å². The van der Waals surface area contributed by atoms with E-state index in [0.29, 0.717) is 54.2 Å². The molecule has 2 amide bonds. The van der Waals surface area contributed by atoms with Gasteiger partial charge in [0, 0.05) is 48.2 Å². The zero-order chi connectivity index (χ0) is 26.1. The molecule has 3 N–H and O–H groups in total. The number of likely N-dealkylation sites (tertiary alicyclic amines) is 1. The number of anilines is 2. The molecule has 1 aliphatic rings. The highest BCUT2D eigenvalue weighted by Gasteiger charge is 2.27. The summed E-state index contributed by atoms with van der Waals surface area (Å²) >= 11 is 0. The van der Waals surface area contributed by atoms with Crippen molar-refractivity contribution in [3.05, 3.63) is 71.9 Å². The Hall–Kier alpha value is -4.47. The SMILES string of the molecule is COc1ccc(-c2cnc3c(Nc4ccc(C(=O)N5CCC(C(N)=O)CC5)c(C)c4)nccn23)cc1F. The lowest BCUT2D eigenvalue weighted by molar-refractivity contribution is -0.123. The molecule has 1 fully saturated rings. The van der Waals surface area contributed by atoms with E-state index in [1.54, 1.807) is 41.7 Å². The molecule has 1 saturated heterocycles. The Morgan fingerprint density at radius 1 is 1.14 bits per heavy atom. The summed E-state index contributed by atoms with van der Waals surface area (Å²) in [5.74, 6) is -0.285. The van der Waals surface area contributed by atoms with E-state index >= 15 is 0 Å². The number of aryl methyl sites for hydroxylation is 1. The zero-order valence-corrected chi connectivity index (χ0v) is 20.6. The van der Waals surface area contributed by atoms with E-state index in [-0.39, 0.29) is 23.5 Å². The number of hydrogen-bond donors (Lipinski definition) is 2. The molecule has 0 unspecified atom stereocenters. The third kappa shape index (κ3) is 4.69. The molecule has 0 atom stereocenters. The summed E-state index contributed by atoms with van der Waals surface area (Å²) in [5, 5.41) is 3.28. The molecule has 3 heterocycles. The normalized spacial score (nSPS) is 14.1. The van der Waals surface area contributed by atoms with Gasteiger partial charge in [-0.25, -0.2) is 14.4 Å². The number of carbonyl (C=O) groups excluding carboxylic acids is 2. The van der Waals surface area contributed by atoms with E-state index in [2.05, 4.69) is 15.3 Å². The van der Waals surface area contributed by atoms with Crippen LogP contribution in [0.2, 0.25) is 0 Å². The minimum Gasteiger partial charge on any atom is -0.494 e. The van der Waals surface area contributed by atoms with Crippen molar-refractivity contribution in [1.82, 2.24) is 19.3 Å². The van der Waals surface area contributed by atoms with Crippen molar-refractivity contribution in [2.75, 3.05) is 25.5 Å². The quantitative estimate of drug-likeness (QED) is 0.413. The van der Waals surface area contributed by atoms with Crippen LogP contribution in [0.4, 0.5) is 15.9 Å². The van der Waals surface area contributed by atoms with E-state index in [0.717, 1.165) is 11.3 Å². The Morgan fingerprint density at radius 3 is 2.59 bits per heavy atom. The number of nitrogens with zero attached hydrogens (tertiary/aromatic N) is 4. The van der Waals surface area contributed by atoms with Crippen LogP contribution in [-0.2, 0) is 4.79 Å². The highest BCUT2D eigenvalue weighted by atomic mass is 19.1. The highest BCUT2D eigenvalue weighted by Crippen LogP contribution is 2.29. The number of benzene rings is 2. The number of fused-ring (bicyclic) bond motifs is 1. The Bertz CT molecular complexity index is 1490. The summed E-state index contributed by atoms with van der Waals surface area (Å²) in [6.07, 6.45) is 6.24. The maximum absolute atomic E-state index is 14.3. The molecule has 9 nitrogen and oxygen atoms in total. The molecule has 10 heteroatoms. The van der Waals surface area contributed by atoms with Gasteiger partial charge >= 0.3 is 0 Å². The fraction of sp³-hybridized carbons (Fsp3) is 0.259. The van der Waals surface area contributed by atoms with Crippen LogP contribution in [0.15, 0.2) is 55.0 Å². The average molecular weight is 503 g/mol. The highest BCUT2D eigenvalue weighted by molar-refractivity contribution is 5.96. The van der Waals surface area contributed by atoms with Gasteiger partial charge in [0.15, 0.2) is 23.0 Å². The lowest BCUT2D eigenvalue weighted by atomic mass is 9.95. The fourth-order valence-corrected chi connectivity index (χ4v) is 4.70. The van der Waals surface area contributed by atoms with Crippen molar-refractivity contribution in [2.45, 2.75) is 19.8 Å². The Kier molecular flexibility index (Phi) is 6.47. The molecule has 0 spiro atoms. The second-order valence-electron chi connectivity index (χ2n) is 9.09. The van der Waals surface area contributed by atoms with Crippen molar-refractivity contribution in [3.63, 3.8) is 0 Å².